The van der Waals surface area contributed by atoms with E-state index in [1.165, 1.54) is 0 Å². The predicted molar refractivity (Wildman–Crippen MR) is 93.0 cm³/mol. The summed E-state index contributed by atoms with van der Waals surface area (Å²) >= 11 is 7.66. The topological polar surface area (TPSA) is 23.6 Å². The summed E-state index contributed by atoms with van der Waals surface area (Å²) in [6, 6.07) is 5.52. The van der Waals surface area contributed by atoms with Gasteiger partial charge >= 0.3 is 0 Å². The summed E-state index contributed by atoms with van der Waals surface area (Å²) in [7, 11) is 2.08. The molecule has 0 N–H and O–H groups in total. The first kappa shape index (κ1) is 18.4. The van der Waals surface area contributed by atoms with E-state index in [1.807, 2.05) is 23.1 Å². The zero-order valence-electron chi connectivity index (χ0n) is 12.0. The van der Waals surface area contributed by atoms with Crippen LogP contribution in [0.3, 0.4) is 0 Å². The second-order valence-electron chi connectivity index (χ2n) is 4.84. The molecule has 0 radical (unpaired) electrons. The minimum Gasteiger partial charge on any atom is -0.336 e. The number of hydrogen-bond acceptors (Lipinski definition) is 3. The van der Waals surface area contributed by atoms with E-state index in [0.717, 1.165) is 36.8 Å². The Morgan fingerprint density at radius 1 is 1.38 bits per heavy atom. The third-order valence-corrected chi connectivity index (χ3v) is 4.62. The second kappa shape index (κ2) is 8.69. The molecule has 3 nitrogen and oxygen atoms in total. The summed E-state index contributed by atoms with van der Waals surface area (Å²) in [4.78, 5) is 17.8. The first-order chi connectivity index (χ1) is 9.61. The van der Waals surface area contributed by atoms with Gasteiger partial charge in [-0.3, -0.25) is 4.79 Å². The number of nitrogens with zero attached hydrogens (tertiary/aromatic N) is 2. The standard InChI is InChI=1S/C15H19ClN2OS.ClH/c1-3-10-20-14-5-4-12(16)11-13(14)15(19)18-8-6-17(2)7-9-18;/h3-5,11H,1,6-10H2,2H3;1H. The maximum absolute atomic E-state index is 12.7. The molecule has 1 fully saturated rings. The highest BCUT2D eigenvalue weighted by molar-refractivity contribution is 7.99. The van der Waals surface area contributed by atoms with Crippen LogP contribution in [0.5, 0.6) is 0 Å². The Hall–Kier alpha value is -0.680. The van der Waals surface area contributed by atoms with Crippen LogP contribution >= 0.6 is 35.8 Å². The quantitative estimate of drug-likeness (QED) is 0.616. The van der Waals surface area contributed by atoms with Gasteiger partial charge in [-0.25, -0.2) is 0 Å². The molecule has 1 heterocycles. The zero-order valence-corrected chi connectivity index (χ0v) is 14.4. The van der Waals surface area contributed by atoms with Gasteiger partial charge in [-0.15, -0.1) is 30.7 Å². The number of thioether (sulfide) groups is 1. The molecule has 0 bridgehead atoms. The SMILES string of the molecule is C=CCSc1ccc(Cl)cc1C(=O)N1CCN(C)CC1.Cl. The van der Waals surface area contributed by atoms with Gasteiger partial charge in [-0.1, -0.05) is 17.7 Å². The van der Waals surface area contributed by atoms with Gasteiger partial charge in [-0.2, -0.15) is 0 Å². The van der Waals surface area contributed by atoms with Gasteiger partial charge in [0.15, 0.2) is 0 Å². The van der Waals surface area contributed by atoms with Crippen LogP contribution in [-0.2, 0) is 0 Å². The highest BCUT2D eigenvalue weighted by Crippen LogP contribution is 2.27. The number of amides is 1. The monoisotopic (exact) mass is 346 g/mol. The molecule has 0 saturated carbocycles. The molecule has 0 atom stereocenters. The number of piperazine rings is 1. The lowest BCUT2D eigenvalue weighted by atomic mass is 10.2. The Bertz CT molecular complexity index is 502. The molecule has 21 heavy (non-hydrogen) atoms. The first-order valence-corrected chi connectivity index (χ1v) is 7.99. The molecule has 1 aliphatic heterocycles. The van der Waals surface area contributed by atoms with Gasteiger partial charge in [0, 0.05) is 41.8 Å². The average Bonchev–Trinajstić information content (AvgIpc) is 2.46. The number of carbonyl (C=O) groups is 1. The Morgan fingerprint density at radius 3 is 2.67 bits per heavy atom. The molecular formula is C15H20Cl2N2OS. The lowest BCUT2D eigenvalue weighted by Gasteiger charge is -2.32. The van der Waals surface area contributed by atoms with E-state index >= 15 is 0 Å². The van der Waals surface area contributed by atoms with E-state index in [4.69, 9.17) is 11.6 Å². The van der Waals surface area contributed by atoms with Crippen LogP contribution < -0.4 is 0 Å². The van der Waals surface area contributed by atoms with Crippen molar-refractivity contribution in [3.8, 4) is 0 Å². The van der Waals surface area contributed by atoms with E-state index < -0.39 is 0 Å². The fraction of sp³-hybridized carbons (Fsp3) is 0.400. The number of likely N-dealkylation sites (N-methyl/N-ethyl adjacent to an activating group) is 1. The van der Waals surface area contributed by atoms with Crippen LogP contribution in [0, 0.1) is 0 Å². The molecule has 1 aromatic carbocycles. The molecule has 0 aliphatic carbocycles. The van der Waals surface area contributed by atoms with Crippen LogP contribution in [-0.4, -0.2) is 54.7 Å². The van der Waals surface area contributed by atoms with Crippen LogP contribution in [0.4, 0.5) is 0 Å². The molecule has 1 saturated heterocycles. The molecular weight excluding hydrogens is 327 g/mol. The van der Waals surface area contributed by atoms with Crippen LogP contribution in [0.2, 0.25) is 5.02 Å². The lowest BCUT2D eigenvalue weighted by molar-refractivity contribution is 0.0660. The number of rotatable bonds is 4. The molecule has 1 aliphatic rings. The fourth-order valence-corrected chi connectivity index (χ4v) is 3.06. The maximum atomic E-state index is 12.7. The van der Waals surface area contributed by atoms with Crippen molar-refractivity contribution in [2.45, 2.75) is 4.90 Å². The van der Waals surface area contributed by atoms with Crippen molar-refractivity contribution in [1.29, 1.82) is 0 Å². The largest absolute Gasteiger partial charge is 0.336 e. The van der Waals surface area contributed by atoms with Crippen molar-refractivity contribution in [2.75, 3.05) is 39.0 Å². The van der Waals surface area contributed by atoms with Gasteiger partial charge in [0.05, 0.1) is 5.56 Å². The Kier molecular flexibility index (Phi) is 7.60. The van der Waals surface area contributed by atoms with Crippen molar-refractivity contribution in [3.63, 3.8) is 0 Å². The number of carbonyl (C=O) groups excluding carboxylic acids is 1. The minimum absolute atomic E-state index is 0. The highest BCUT2D eigenvalue weighted by Gasteiger charge is 2.22. The Morgan fingerprint density at radius 2 is 2.05 bits per heavy atom. The van der Waals surface area contributed by atoms with Crippen molar-refractivity contribution >= 4 is 41.7 Å². The first-order valence-electron chi connectivity index (χ1n) is 6.63. The molecule has 0 unspecified atom stereocenters. The highest BCUT2D eigenvalue weighted by atomic mass is 35.5. The van der Waals surface area contributed by atoms with Gasteiger partial charge in [0.2, 0.25) is 0 Å². The average molecular weight is 347 g/mol. The molecule has 1 aromatic rings. The van der Waals surface area contributed by atoms with Gasteiger partial charge in [0.25, 0.3) is 5.91 Å². The van der Waals surface area contributed by atoms with E-state index in [2.05, 4.69) is 18.5 Å². The van der Waals surface area contributed by atoms with Crippen molar-refractivity contribution in [1.82, 2.24) is 9.80 Å². The van der Waals surface area contributed by atoms with E-state index in [0.29, 0.717) is 10.6 Å². The third-order valence-electron chi connectivity index (χ3n) is 3.32. The molecule has 1 amide bonds. The van der Waals surface area contributed by atoms with Gasteiger partial charge in [0.1, 0.15) is 0 Å². The maximum Gasteiger partial charge on any atom is 0.255 e. The number of halogens is 2. The van der Waals surface area contributed by atoms with E-state index in [1.54, 1.807) is 17.8 Å². The second-order valence-corrected chi connectivity index (χ2v) is 6.33. The van der Waals surface area contributed by atoms with Gasteiger partial charge < -0.3 is 9.80 Å². The molecule has 6 heteroatoms. The summed E-state index contributed by atoms with van der Waals surface area (Å²) < 4.78 is 0. The number of benzene rings is 1. The Labute approximate surface area is 141 Å². The lowest BCUT2D eigenvalue weighted by Crippen LogP contribution is -2.47. The smallest absolute Gasteiger partial charge is 0.255 e. The summed E-state index contributed by atoms with van der Waals surface area (Å²) in [5, 5.41) is 0.602. The van der Waals surface area contributed by atoms with Crippen molar-refractivity contribution in [3.05, 3.63) is 41.4 Å². The van der Waals surface area contributed by atoms with Crippen molar-refractivity contribution in [2.24, 2.45) is 0 Å². The molecule has 2 rings (SSSR count). The Balaban J connectivity index is 0.00000220. The van der Waals surface area contributed by atoms with Crippen molar-refractivity contribution < 1.29 is 4.79 Å². The molecule has 0 spiro atoms. The van der Waals surface area contributed by atoms with Crippen LogP contribution in [0.15, 0.2) is 35.7 Å². The zero-order chi connectivity index (χ0) is 14.5. The normalized spacial score (nSPS) is 15.4. The summed E-state index contributed by atoms with van der Waals surface area (Å²) in [6.45, 7) is 7.10. The summed E-state index contributed by atoms with van der Waals surface area (Å²) in [6.07, 6.45) is 1.84. The summed E-state index contributed by atoms with van der Waals surface area (Å²) in [5.74, 6) is 0.858. The van der Waals surface area contributed by atoms with Crippen LogP contribution in [0.25, 0.3) is 0 Å². The van der Waals surface area contributed by atoms with E-state index in [9.17, 15) is 4.79 Å². The molecule has 0 aromatic heterocycles. The number of hydrogen-bond donors (Lipinski definition) is 0. The summed E-state index contributed by atoms with van der Waals surface area (Å²) in [5.41, 5.74) is 0.703. The third kappa shape index (κ3) is 4.92. The van der Waals surface area contributed by atoms with E-state index in [-0.39, 0.29) is 18.3 Å². The minimum atomic E-state index is 0. The van der Waals surface area contributed by atoms with Crippen LogP contribution in [0.1, 0.15) is 10.4 Å². The molecule has 116 valence electrons. The fourth-order valence-electron chi connectivity index (χ4n) is 2.12. The van der Waals surface area contributed by atoms with Gasteiger partial charge in [-0.05, 0) is 25.2 Å². The predicted octanol–water partition coefficient (Wildman–Crippen LogP) is 3.43.